The minimum Gasteiger partial charge on any atom is -0.490 e. The molecule has 6 rings (SSSR count). The number of carbonyl (C=O) groups is 1. The third kappa shape index (κ3) is 4.12. The fraction of sp³-hybridized carbons (Fsp3) is 0.267. The van der Waals surface area contributed by atoms with Crippen molar-refractivity contribution in [3.8, 4) is 28.0 Å². The van der Waals surface area contributed by atoms with E-state index in [9.17, 15) is 9.90 Å². The number of aryl methyl sites for hydroxylation is 2. The molecule has 1 aliphatic carbocycles. The van der Waals surface area contributed by atoms with Gasteiger partial charge in [0.2, 0.25) is 0 Å². The molecule has 4 heterocycles. The van der Waals surface area contributed by atoms with Gasteiger partial charge in [0.05, 0.1) is 29.1 Å². The van der Waals surface area contributed by atoms with Crippen molar-refractivity contribution in [1.29, 1.82) is 0 Å². The Kier molecular flexibility index (Phi) is 5.94. The number of hydrogen-bond acceptors (Lipinski definition) is 6. The first-order valence-electron chi connectivity index (χ1n) is 12.8. The Morgan fingerprint density at radius 3 is 2.63 bits per heavy atom. The van der Waals surface area contributed by atoms with Crippen molar-refractivity contribution in [2.75, 3.05) is 0 Å². The second-order valence-electron chi connectivity index (χ2n) is 9.86. The molecule has 0 aliphatic heterocycles. The van der Waals surface area contributed by atoms with Gasteiger partial charge in [-0.15, -0.1) is 0 Å². The molecule has 0 amide bonds. The minimum atomic E-state index is -0.983. The van der Waals surface area contributed by atoms with Crippen molar-refractivity contribution in [2.45, 2.75) is 52.2 Å². The molecule has 1 atom stereocenters. The maximum absolute atomic E-state index is 11.8. The van der Waals surface area contributed by atoms with Crippen LogP contribution in [-0.4, -0.2) is 36.9 Å². The Balaban J connectivity index is 1.58. The van der Waals surface area contributed by atoms with Crippen molar-refractivity contribution in [3.63, 3.8) is 0 Å². The highest BCUT2D eigenvalue weighted by Crippen LogP contribution is 2.41. The van der Waals surface area contributed by atoms with E-state index in [0.29, 0.717) is 5.75 Å². The Labute approximate surface area is 219 Å². The number of rotatable bonds is 7. The molecule has 0 saturated heterocycles. The molecule has 1 aliphatic rings. The van der Waals surface area contributed by atoms with E-state index in [1.54, 1.807) is 18.3 Å². The lowest BCUT2D eigenvalue weighted by Crippen LogP contribution is -2.24. The number of pyridine rings is 2. The van der Waals surface area contributed by atoms with E-state index >= 15 is 0 Å². The summed E-state index contributed by atoms with van der Waals surface area (Å²) < 4.78 is 13.9. The molecule has 5 aromatic rings. The van der Waals surface area contributed by atoms with Crippen LogP contribution in [0.5, 0.6) is 5.75 Å². The minimum absolute atomic E-state index is 0.0841. The van der Waals surface area contributed by atoms with E-state index in [-0.39, 0.29) is 17.7 Å². The SMILES string of the molecule is Cc1noc(C)c1-c1cnc2c(c1)c(-c1ccc(C(=O)O)cc1OC1CCC1)cn2[C@@H](C)c1ccccn1. The average molecular weight is 509 g/mol. The van der Waals surface area contributed by atoms with E-state index in [4.69, 9.17) is 14.2 Å². The first kappa shape index (κ1) is 23.9. The Morgan fingerprint density at radius 2 is 1.97 bits per heavy atom. The van der Waals surface area contributed by atoms with Gasteiger partial charge in [-0.05, 0) is 76.4 Å². The van der Waals surface area contributed by atoms with Gasteiger partial charge in [-0.2, -0.15) is 0 Å². The van der Waals surface area contributed by atoms with Gasteiger partial charge in [-0.1, -0.05) is 11.2 Å². The molecule has 1 fully saturated rings. The molecule has 38 heavy (non-hydrogen) atoms. The zero-order valence-electron chi connectivity index (χ0n) is 21.5. The van der Waals surface area contributed by atoms with E-state index < -0.39 is 5.97 Å². The Morgan fingerprint density at radius 1 is 1.13 bits per heavy atom. The zero-order chi connectivity index (χ0) is 26.4. The van der Waals surface area contributed by atoms with Crippen LogP contribution >= 0.6 is 0 Å². The second-order valence-corrected chi connectivity index (χ2v) is 9.86. The molecule has 0 bridgehead atoms. The lowest BCUT2D eigenvalue weighted by atomic mass is 9.95. The lowest BCUT2D eigenvalue weighted by molar-refractivity contribution is 0.0695. The van der Waals surface area contributed by atoms with E-state index in [0.717, 1.165) is 69.7 Å². The van der Waals surface area contributed by atoms with E-state index in [1.807, 2.05) is 44.3 Å². The van der Waals surface area contributed by atoms with Crippen LogP contribution in [0.25, 0.3) is 33.3 Å². The monoisotopic (exact) mass is 508 g/mol. The van der Waals surface area contributed by atoms with E-state index in [1.165, 1.54) is 0 Å². The fourth-order valence-electron chi connectivity index (χ4n) is 5.08. The summed E-state index contributed by atoms with van der Waals surface area (Å²) in [7, 11) is 0. The average Bonchev–Trinajstić information content (AvgIpc) is 3.45. The highest BCUT2D eigenvalue weighted by atomic mass is 16.5. The predicted octanol–water partition coefficient (Wildman–Crippen LogP) is 6.61. The molecule has 0 radical (unpaired) electrons. The summed E-state index contributed by atoms with van der Waals surface area (Å²) in [6.07, 6.45) is 8.84. The van der Waals surface area contributed by atoms with Gasteiger partial charge >= 0.3 is 5.97 Å². The molecule has 8 nitrogen and oxygen atoms in total. The first-order valence-corrected chi connectivity index (χ1v) is 12.8. The van der Waals surface area contributed by atoms with Crippen LogP contribution in [0, 0.1) is 13.8 Å². The van der Waals surface area contributed by atoms with Crippen molar-refractivity contribution >= 4 is 17.0 Å². The summed E-state index contributed by atoms with van der Waals surface area (Å²) in [5.41, 5.74) is 6.27. The van der Waals surface area contributed by atoms with Crippen LogP contribution in [-0.2, 0) is 0 Å². The number of fused-ring (bicyclic) bond motifs is 1. The molecule has 1 aromatic carbocycles. The summed E-state index contributed by atoms with van der Waals surface area (Å²) >= 11 is 0. The van der Waals surface area contributed by atoms with Gasteiger partial charge in [0.1, 0.15) is 17.2 Å². The first-order chi connectivity index (χ1) is 18.4. The van der Waals surface area contributed by atoms with Crippen LogP contribution in [0.2, 0.25) is 0 Å². The van der Waals surface area contributed by atoms with Crippen LogP contribution in [0.4, 0.5) is 0 Å². The van der Waals surface area contributed by atoms with Crippen LogP contribution in [0.3, 0.4) is 0 Å². The maximum Gasteiger partial charge on any atom is 0.335 e. The number of aromatic nitrogens is 4. The number of hydrogen-bond donors (Lipinski definition) is 1. The molecular formula is C30H28N4O4. The van der Waals surface area contributed by atoms with Gasteiger partial charge < -0.3 is 18.9 Å². The van der Waals surface area contributed by atoms with Crippen molar-refractivity contribution in [2.24, 2.45) is 0 Å². The Hall–Kier alpha value is -4.46. The molecule has 192 valence electrons. The van der Waals surface area contributed by atoms with Crippen LogP contribution in [0.15, 0.2) is 65.6 Å². The highest BCUT2D eigenvalue weighted by Gasteiger charge is 2.25. The summed E-state index contributed by atoms with van der Waals surface area (Å²) in [5, 5.41) is 14.7. The third-order valence-corrected chi connectivity index (χ3v) is 7.39. The van der Waals surface area contributed by atoms with Gasteiger partial charge in [0.15, 0.2) is 0 Å². The number of ether oxygens (including phenoxy) is 1. The normalized spacial score (nSPS) is 14.4. The molecule has 0 spiro atoms. The number of benzene rings is 1. The standard InChI is InChI=1S/C30H28N4O4/c1-17-28(19(3)38-33-17)21-13-24-25(16-34(29(24)32-15-21)18(2)26-9-4-5-12-31-26)23-11-10-20(30(35)36)14-27(23)37-22-7-6-8-22/h4-5,9-16,18,22H,6-8H2,1-3H3,(H,35,36)/t18-/m0/s1. The molecule has 1 saturated carbocycles. The summed E-state index contributed by atoms with van der Waals surface area (Å²) in [5.74, 6) is 0.316. The highest BCUT2D eigenvalue weighted by molar-refractivity contribution is 5.99. The number of nitrogens with zero attached hydrogens (tertiary/aromatic N) is 4. The fourth-order valence-corrected chi connectivity index (χ4v) is 5.08. The van der Waals surface area contributed by atoms with Crippen molar-refractivity contribution in [3.05, 3.63) is 83.8 Å². The summed E-state index contributed by atoms with van der Waals surface area (Å²) in [6.45, 7) is 5.90. The molecule has 4 aromatic heterocycles. The van der Waals surface area contributed by atoms with E-state index in [2.05, 4.69) is 33.9 Å². The molecule has 1 N–H and O–H groups in total. The molecular weight excluding hydrogens is 480 g/mol. The molecule has 0 unspecified atom stereocenters. The van der Waals surface area contributed by atoms with Crippen molar-refractivity contribution < 1.29 is 19.2 Å². The number of carboxylic acids is 1. The van der Waals surface area contributed by atoms with Crippen molar-refractivity contribution in [1.82, 2.24) is 19.7 Å². The largest absolute Gasteiger partial charge is 0.490 e. The number of carboxylic acid groups (broad SMARTS) is 1. The summed E-state index contributed by atoms with van der Waals surface area (Å²) in [6, 6.07) is 13.0. The van der Waals surface area contributed by atoms with Crippen LogP contribution < -0.4 is 4.74 Å². The topological polar surface area (TPSA) is 103 Å². The van der Waals surface area contributed by atoms with Crippen LogP contribution in [0.1, 0.15) is 59.7 Å². The lowest BCUT2D eigenvalue weighted by Gasteiger charge is -2.27. The quantitative estimate of drug-likeness (QED) is 0.264. The van der Waals surface area contributed by atoms with Gasteiger partial charge in [-0.3, -0.25) is 4.98 Å². The predicted molar refractivity (Wildman–Crippen MR) is 143 cm³/mol. The molecule has 8 heteroatoms. The second kappa shape index (κ2) is 9.45. The third-order valence-electron chi connectivity index (χ3n) is 7.39. The maximum atomic E-state index is 11.8. The number of aromatic carboxylic acids is 1. The van der Waals surface area contributed by atoms with Gasteiger partial charge in [-0.25, -0.2) is 9.78 Å². The zero-order valence-corrected chi connectivity index (χ0v) is 21.5. The Bertz CT molecular complexity index is 1630. The summed E-state index contributed by atoms with van der Waals surface area (Å²) in [4.78, 5) is 21.3. The smallest absolute Gasteiger partial charge is 0.335 e. The van der Waals surface area contributed by atoms with Gasteiger partial charge in [0.25, 0.3) is 0 Å². The van der Waals surface area contributed by atoms with Gasteiger partial charge in [0, 0.05) is 46.2 Å².